The average molecular weight is 292 g/mol. The molecule has 0 fully saturated rings. The Morgan fingerprint density at radius 1 is 1.09 bits per heavy atom. The van der Waals surface area contributed by atoms with Crippen molar-refractivity contribution in [1.82, 2.24) is 4.98 Å². The molecule has 110 valence electrons. The number of nitrogens with zero attached hydrogens (tertiary/aromatic N) is 1. The fourth-order valence-electron chi connectivity index (χ4n) is 2.78. The van der Waals surface area contributed by atoms with Crippen LogP contribution in [0.5, 0.6) is 0 Å². The summed E-state index contributed by atoms with van der Waals surface area (Å²) in [5, 5.41) is 6.84. The van der Waals surface area contributed by atoms with Crippen molar-refractivity contribution < 1.29 is 4.79 Å². The second kappa shape index (κ2) is 5.81. The molecule has 5 heteroatoms. The number of para-hydroxylation sites is 2. The normalized spacial score (nSPS) is 12.3. The third kappa shape index (κ3) is 2.37. The molecule has 22 heavy (non-hydrogen) atoms. The van der Waals surface area contributed by atoms with Gasteiger partial charge in [0, 0.05) is 23.5 Å². The van der Waals surface area contributed by atoms with E-state index in [0.717, 1.165) is 33.4 Å². The first-order valence-electron chi connectivity index (χ1n) is 6.99. The first kappa shape index (κ1) is 14.0. The molecule has 3 aromatic rings. The second-order valence-electron chi connectivity index (χ2n) is 5.02. The maximum atomic E-state index is 12.0. The third-order valence-corrected chi connectivity index (χ3v) is 3.62. The summed E-state index contributed by atoms with van der Waals surface area (Å²) >= 11 is 0. The van der Waals surface area contributed by atoms with Gasteiger partial charge in [0.2, 0.25) is 5.91 Å². The number of carbonyl (C=O) groups is 1. The van der Waals surface area contributed by atoms with Gasteiger partial charge in [0.1, 0.15) is 0 Å². The molecule has 1 aliphatic rings. The summed E-state index contributed by atoms with van der Waals surface area (Å²) in [4.78, 5) is 15.5. The van der Waals surface area contributed by atoms with E-state index in [-0.39, 0.29) is 5.91 Å². The van der Waals surface area contributed by atoms with Crippen molar-refractivity contribution in [3.63, 3.8) is 0 Å². The van der Waals surface area contributed by atoms with Crippen molar-refractivity contribution in [3.8, 4) is 11.3 Å². The number of aromatic amines is 1. The van der Waals surface area contributed by atoms with Crippen molar-refractivity contribution >= 4 is 22.5 Å². The predicted molar refractivity (Wildman–Crippen MR) is 87.1 cm³/mol. The minimum absolute atomic E-state index is 0.0379. The highest BCUT2D eigenvalue weighted by Gasteiger charge is 2.21. The lowest BCUT2D eigenvalue weighted by atomic mass is 10.0. The molecule has 1 aliphatic heterocycles. The maximum absolute atomic E-state index is 12.0. The zero-order valence-corrected chi connectivity index (χ0v) is 12.2. The molecule has 3 N–H and O–H groups in total. The molecular weight excluding hydrogens is 276 g/mol. The highest BCUT2D eigenvalue weighted by molar-refractivity contribution is 6.05. The Bertz CT molecular complexity index is 851. The van der Waals surface area contributed by atoms with Gasteiger partial charge in [0.25, 0.3) is 0 Å². The SMILES string of the molecule is CN=N.O=C1Cc2c([nH]c3ccccc23)-c2ccccc2N1. The first-order valence-corrected chi connectivity index (χ1v) is 6.99. The summed E-state index contributed by atoms with van der Waals surface area (Å²) in [6.45, 7) is 0. The van der Waals surface area contributed by atoms with Gasteiger partial charge in [-0.2, -0.15) is 0 Å². The van der Waals surface area contributed by atoms with Crippen LogP contribution in [0.1, 0.15) is 5.56 Å². The van der Waals surface area contributed by atoms with E-state index in [9.17, 15) is 4.79 Å². The molecule has 1 aromatic heterocycles. The molecule has 0 atom stereocenters. The number of fused-ring (bicyclic) bond motifs is 5. The Morgan fingerprint density at radius 2 is 1.77 bits per heavy atom. The predicted octanol–water partition coefficient (Wildman–Crippen LogP) is 3.98. The Kier molecular flexibility index (Phi) is 3.70. The molecule has 0 saturated carbocycles. The third-order valence-electron chi connectivity index (χ3n) is 3.62. The van der Waals surface area contributed by atoms with E-state index in [0.29, 0.717) is 6.42 Å². The van der Waals surface area contributed by atoms with Crippen LogP contribution in [0, 0.1) is 5.53 Å². The minimum Gasteiger partial charge on any atom is -0.354 e. The summed E-state index contributed by atoms with van der Waals surface area (Å²) in [5.74, 6) is 0.0379. The zero-order valence-electron chi connectivity index (χ0n) is 12.2. The Hall–Kier alpha value is -2.95. The monoisotopic (exact) mass is 292 g/mol. The number of H-pyrrole nitrogens is 1. The number of hydrogen-bond donors (Lipinski definition) is 3. The molecular formula is C17H16N4O. The molecule has 0 aliphatic carbocycles. The lowest BCUT2D eigenvalue weighted by Crippen LogP contribution is -2.12. The van der Waals surface area contributed by atoms with Gasteiger partial charge in [0.15, 0.2) is 0 Å². The van der Waals surface area contributed by atoms with Gasteiger partial charge < -0.3 is 10.3 Å². The van der Waals surface area contributed by atoms with Gasteiger partial charge in [0.05, 0.1) is 17.8 Å². The van der Waals surface area contributed by atoms with Crippen LogP contribution < -0.4 is 5.32 Å². The van der Waals surface area contributed by atoms with Gasteiger partial charge in [-0.3, -0.25) is 4.79 Å². The number of anilines is 1. The summed E-state index contributed by atoms with van der Waals surface area (Å²) in [6, 6.07) is 16.0. The van der Waals surface area contributed by atoms with Crippen molar-refractivity contribution in [2.24, 2.45) is 5.11 Å². The van der Waals surface area contributed by atoms with Crippen molar-refractivity contribution in [1.29, 1.82) is 5.53 Å². The Morgan fingerprint density at radius 3 is 2.59 bits per heavy atom. The largest absolute Gasteiger partial charge is 0.354 e. The molecule has 2 aromatic carbocycles. The number of rotatable bonds is 0. The molecule has 0 radical (unpaired) electrons. The molecule has 0 unspecified atom stereocenters. The highest BCUT2D eigenvalue weighted by Crippen LogP contribution is 2.36. The lowest BCUT2D eigenvalue weighted by Gasteiger charge is -2.05. The minimum atomic E-state index is 0.0379. The van der Waals surface area contributed by atoms with E-state index in [1.54, 1.807) is 0 Å². The van der Waals surface area contributed by atoms with E-state index in [1.165, 1.54) is 7.05 Å². The average Bonchev–Trinajstić information content (AvgIpc) is 2.80. The van der Waals surface area contributed by atoms with Crippen molar-refractivity contribution in [2.75, 3.05) is 12.4 Å². The molecule has 5 nitrogen and oxygen atoms in total. The van der Waals surface area contributed by atoms with Gasteiger partial charge in [-0.1, -0.05) is 36.4 Å². The summed E-state index contributed by atoms with van der Waals surface area (Å²) in [5.41, 5.74) is 11.0. The van der Waals surface area contributed by atoms with E-state index < -0.39 is 0 Å². The van der Waals surface area contributed by atoms with Crippen molar-refractivity contribution in [3.05, 3.63) is 54.1 Å². The quantitative estimate of drug-likeness (QED) is 0.538. The van der Waals surface area contributed by atoms with Crippen LogP contribution >= 0.6 is 0 Å². The van der Waals surface area contributed by atoms with E-state index in [4.69, 9.17) is 5.53 Å². The van der Waals surface area contributed by atoms with E-state index in [1.807, 2.05) is 42.5 Å². The van der Waals surface area contributed by atoms with Crippen LogP contribution in [0.3, 0.4) is 0 Å². The first-order chi connectivity index (χ1) is 10.7. The lowest BCUT2D eigenvalue weighted by molar-refractivity contribution is -0.115. The Balaban J connectivity index is 0.000000446. The molecule has 1 amide bonds. The van der Waals surface area contributed by atoms with Gasteiger partial charge in [-0.15, -0.1) is 0 Å². The number of carbonyl (C=O) groups excluding carboxylic acids is 1. The number of benzene rings is 2. The molecule has 0 spiro atoms. The summed E-state index contributed by atoms with van der Waals surface area (Å²) < 4.78 is 0. The highest BCUT2D eigenvalue weighted by atomic mass is 16.1. The van der Waals surface area contributed by atoms with E-state index in [2.05, 4.69) is 21.5 Å². The van der Waals surface area contributed by atoms with Crippen LogP contribution in [0.15, 0.2) is 53.6 Å². The number of amides is 1. The number of hydrogen-bond acceptors (Lipinski definition) is 3. The molecule has 2 heterocycles. The van der Waals surface area contributed by atoms with Gasteiger partial charge >= 0.3 is 0 Å². The standard InChI is InChI=1S/C16H12N2O.CH4N2/c19-15-9-12-10-5-1-3-7-13(10)18-16(12)11-6-2-4-8-14(11)17-15;1-3-2/h1-8,18H,9H2,(H,17,19);2H,1H3. The van der Waals surface area contributed by atoms with Crippen LogP contribution in [0.4, 0.5) is 5.69 Å². The van der Waals surface area contributed by atoms with Crippen molar-refractivity contribution in [2.45, 2.75) is 6.42 Å². The molecule has 0 saturated heterocycles. The topological polar surface area (TPSA) is 81.1 Å². The smallest absolute Gasteiger partial charge is 0.228 e. The van der Waals surface area contributed by atoms with E-state index >= 15 is 0 Å². The fraction of sp³-hybridized carbons (Fsp3) is 0.118. The second-order valence-corrected chi connectivity index (χ2v) is 5.02. The molecule has 0 bridgehead atoms. The Labute approximate surface area is 127 Å². The van der Waals surface area contributed by atoms with Gasteiger partial charge in [-0.05, 0) is 17.7 Å². The van der Waals surface area contributed by atoms with Crippen LogP contribution in [-0.4, -0.2) is 17.9 Å². The summed E-state index contributed by atoms with van der Waals surface area (Å²) in [7, 11) is 1.42. The van der Waals surface area contributed by atoms with Gasteiger partial charge in [-0.25, -0.2) is 10.6 Å². The maximum Gasteiger partial charge on any atom is 0.228 e. The van der Waals surface area contributed by atoms with Crippen LogP contribution in [-0.2, 0) is 11.2 Å². The van der Waals surface area contributed by atoms with Crippen LogP contribution in [0.2, 0.25) is 0 Å². The number of nitrogens with one attached hydrogen (secondary N) is 3. The molecule has 4 rings (SSSR count). The number of aromatic nitrogens is 1. The fourth-order valence-corrected chi connectivity index (χ4v) is 2.78. The summed E-state index contributed by atoms with van der Waals surface area (Å²) in [6.07, 6.45) is 0.411. The zero-order chi connectivity index (χ0) is 15.5. The van der Waals surface area contributed by atoms with Crippen LogP contribution in [0.25, 0.3) is 22.2 Å².